The second-order valence-corrected chi connectivity index (χ2v) is 18.8. The van der Waals surface area contributed by atoms with E-state index < -0.39 is 54.0 Å². The Morgan fingerprint density at radius 2 is 1.04 bits per heavy atom. The molecule has 1 saturated heterocycles. The zero-order valence-electron chi connectivity index (χ0n) is 47.1. The lowest BCUT2D eigenvalue weighted by Crippen LogP contribution is -2.41. The molecule has 1 aliphatic rings. The lowest BCUT2D eigenvalue weighted by molar-refractivity contribution is -0.142. The summed E-state index contributed by atoms with van der Waals surface area (Å²) in [6, 6.07) is 23.4. The zero-order valence-corrected chi connectivity index (χ0v) is 48.7. The van der Waals surface area contributed by atoms with Gasteiger partial charge in [-0.25, -0.2) is 28.9 Å². The molecule has 0 saturated carbocycles. The smallest absolute Gasteiger partial charge is 0.462 e. The van der Waals surface area contributed by atoms with Crippen molar-refractivity contribution in [2.24, 2.45) is 0 Å². The number of ether oxygens (including phenoxy) is 2. The van der Waals surface area contributed by atoms with Crippen molar-refractivity contribution in [3.8, 4) is 22.8 Å². The Labute approximate surface area is 479 Å². The molecule has 82 heavy (non-hydrogen) atoms. The van der Waals surface area contributed by atoms with Crippen molar-refractivity contribution in [1.82, 2.24) is 49.5 Å². The zero-order chi connectivity index (χ0) is 60.6. The summed E-state index contributed by atoms with van der Waals surface area (Å²) in [5.74, 6) is -0.249. The van der Waals surface area contributed by atoms with Crippen LogP contribution in [0.5, 0.6) is 0 Å². The maximum Gasteiger partial charge on any atom is 0.496 e. The summed E-state index contributed by atoms with van der Waals surface area (Å²) in [6.45, 7) is 22.9. The molecule has 7 heterocycles. The van der Waals surface area contributed by atoms with Crippen LogP contribution in [0.15, 0.2) is 127 Å². The lowest BCUT2D eigenvalue weighted by atomic mass is 9.80. The van der Waals surface area contributed by atoms with Crippen molar-refractivity contribution >= 4 is 63.7 Å². The first-order valence-electron chi connectivity index (χ1n) is 25.8. The van der Waals surface area contributed by atoms with Crippen LogP contribution in [0, 0.1) is 13.8 Å². The predicted octanol–water partition coefficient (Wildman–Crippen LogP) is 13.1. The minimum Gasteiger partial charge on any atom is -0.462 e. The molecule has 0 aliphatic carbocycles. The number of para-hydroxylation sites is 2. The van der Waals surface area contributed by atoms with Gasteiger partial charge in [-0.2, -0.15) is 46.5 Å². The number of rotatable bonds is 12. The van der Waals surface area contributed by atoms with E-state index >= 15 is 0 Å². The number of halogens is 7. The van der Waals surface area contributed by atoms with Gasteiger partial charge in [0.25, 0.3) is 0 Å². The van der Waals surface area contributed by atoms with E-state index in [2.05, 4.69) is 66.7 Å². The SMILES string of the molecule is CC.CC.CCOC(=O)c1cncc(-c2cnc(Nc3ccccc3)nc2-n2nc(C(F)(F)F)cc2C)c1.CCOC(=O)c1cncc(B2OC(C)(C)C(C)(C)O2)c1.Cc1cc(C(F)(F)F)nn1-c1nc(Nc2ccccc2)ncc1Br. The van der Waals surface area contributed by atoms with Crippen molar-refractivity contribution in [2.45, 2.75) is 107 Å². The van der Waals surface area contributed by atoms with Crippen molar-refractivity contribution in [1.29, 1.82) is 0 Å². The third-order valence-electron chi connectivity index (χ3n) is 11.7. The Kier molecular flexibility index (Phi) is 22.5. The Bertz CT molecular complexity index is 3370. The van der Waals surface area contributed by atoms with Crippen molar-refractivity contribution in [3.63, 3.8) is 0 Å². The average Bonchev–Trinajstić information content (AvgIpc) is 3.51. The molecular formula is C56H62BBrF6N12O6. The lowest BCUT2D eigenvalue weighted by Gasteiger charge is -2.32. The average molecular weight is 1200 g/mol. The van der Waals surface area contributed by atoms with Gasteiger partial charge in [0, 0.05) is 76.5 Å². The number of alkyl halides is 6. The first kappa shape index (κ1) is 64.7. The number of carbonyl (C=O) groups is 2. The van der Waals surface area contributed by atoms with Crippen LogP contribution in [0.2, 0.25) is 0 Å². The molecular weight excluding hydrogens is 1140 g/mol. The molecule has 1 aliphatic heterocycles. The maximum absolute atomic E-state index is 13.3. The standard InChI is InChI=1S/C23H19F3N6O2.C15H11BrF3N5.C14H20BNO4.2C2H6/c1-3-34-21(33)16-10-15(11-27-12-16)18-13-28-22(29-17-7-5-4-6-8-17)30-20(18)32-14(2)9-19(31-32)23(24,25)26;1-9-7-12(15(17,18)19)23-24(9)13-11(16)8-20-14(22-13)21-10-5-3-2-4-6-10;1-6-18-12(17)10-7-11(9-16-8-10)15-19-13(2,3)14(4,5)20-15;2*1-2/h4-13H,3H2,1-2H3,(H,28,29,30);2-8H,1H3,(H,20,21,22);7-9H,6H2,1-5H3;2*1-2H3. The molecule has 0 atom stereocenters. The Balaban J connectivity index is 0.000000227. The first-order valence-corrected chi connectivity index (χ1v) is 26.6. The topological polar surface area (TPSA) is 208 Å². The van der Waals surface area contributed by atoms with Crippen LogP contribution in [0.3, 0.4) is 0 Å². The highest BCUT2D eigenvalue weighted by Gasteiger charge is 2.52. The van der Waals surface area contributed by atoms with Gasteiger partial charge in [-0.1, -0.05) is 64.1 Å². The summed E-state index contributed by atoms with van der Waals surface area (Å²) in [4.78, 5) is 49.1. The number of aromatic nitrogens is 10. The molecule has 26 heteroatoms. The number of pyridine rings is 2. The summed E-state index contributed by atoms with van der Waals surface area (Å²) < 4.78 is 103. The van der Waals surface area contributed by atoms with Crippen LogP contribution in [0.25, 0.3) is 22.8 Å². The molecule has 8 aromatic rings. The normalized spacial score (nSPS) is 13.1. The summed E-state index contributed by atoms with van der Waals surface area (Å²) in [6.07, 6.45) is -0.319. The van der Waals surface area contributed by atoms with Crippen LogP contribution < -0.4 is 16.1 Å². The molecule has 0 unspecified atom stereocenters. The van der Waals surface area contributed by atoms with Gasteiger partial charge in [-0.15, -0.1) is 0 Å². The van der Waals surface area contributed by atoms with Gasteiger partial charge in [0.05, 0.1) is 40.0 Å². The molecule has 1 fully saturated rings. The molecule has 0 bridgehead atoms. The number of esters is 2. The summed E-state index contributed by atoms with van der Waals surface area (Å²) >= 11 is 3.25. The van der Waals surface area contributed by atoms with E-state index in [9.17, 15) is 35.9 Å². The van der Waals surface area contributed by atoms with Crippen LogP contribution in [-0.4, -0.2) is 92.9 Å². The molecule has 2 N–H and O–H groups in total. The predicted molar refractivity (Wildman–Crippen MR) is 303 cm³/mol. The largest absolute Gasteiger partial charge is 0.496 e. The summed E-state index contributed by atoms with van der Waals surface area (Å²) in [5.41, 5.74) is 1.17. The first-order chi connectivity index (χ1) is 38.9. The van der Waals surface area contributed by atoms with E-state index in [1.54, 1.807) is 38.2 Å². The number of nitrogens with one attached hydrogen (secondary N) is 2. The van der Waals surface area contributed by atoms with Gasteiger partial charge >= 0.3 is 31.4 Å². The van der Waals surface area contributed by atoms with Crippen molar-refractivity contribution in [3.05, 3.63) is 160 Å². The fourth-order valence-corrected chi connectivity index (χ4v) is 7.49. The van der Waals surface area contributed by atoms with Crippen LogP contribution in [-0.2, 0) is 31.1 Å². The molecule has 2 aromatic carbocycles. The van der Waals surface area contributed by atoms with Gasteiger partial charge in [-0.05, 0) is 120 Å². The minimum absolute atomic E-state index is 0.0873. The minimum atomic E-state index is -4.63. The summed E-state index contributed by atoms with van der Waals surface area (Å²) in [5, 5.41) is 13.3. The highest BCUT2D eigenvalue weighted by molar-refractivity contribution is 9.10. The molecule has 18 nitrogen and oxygen atoms in total. The molecule has 9 rings (SSSR count). The van der Waals surface area contributed by atoms with Crippen molar-refractivity contribution < 1.29 is 54.7 Å². The molecule has 0 radical (unpaired) electrons. The number of hydrogen-bond donors (Lipinski definition) is 2. The highest BCUT2D eigenvalue weighted by Crippen LogP contribution is 2.37. The van der Waals surface area contributed by atoms with Gasteiger partial charge in [0.15, 0.2) is 23.0 Å². The Hall–Kier alpha value is -8.10. The summed E-state index contributed by atoms with van der Waals surface area (Å²) in [7, 11) is -0.526. The van der Waals surface area contributed by atoms with E-state index in [1.807, 2.05) is 104 Å². The fourth-order valence-electron chi connectivity index (χ4n) is 7.13. The maximum atomic E-state index is 13.3. The van der Waals surface area contributed by atoms with Gasteiger partial charge < -0.3 is 29.4 Å². The van der Waals surface area contributed by atoms with Crippen LogP contribution >= 0.6 is 15.9 Å². The quantitative estimate of drug-likeness (QED) is 0.0662. The third-order valence-corrected chi connectivity index (χ3v) is 12.2. The number of carbonyl (C=O) groups excluding carboxylic acids is 2. The monoisotopic (exact) mass is 1200 g/mol. The number of nitrogens with zero attached hydrogens (tertiary/aromatic N) is 10. The second kappa shape index (κ2) is 28.5. The molecule has 0 spiro atoms. The Morgan fingerprint density at radius 1 is 0.610 bits per heavy atom. The molecule has 434 valence electrons. The van der Waals surface area contributed by atoms with E-state index in [4.69, 9.17) is 18.8 Å². The highest BCUT2D eigenvalue weighted by atomic mass is 79.9. The van der Waals surface area contributed by atoms with E-state index in [-0.39, 0.29) is 41.4 Å². The molecule has 0 amide bonds. The number of anilines is 4. The van der Waals surface area contributed by atoms with Gasteiger partial charge in [0.2, 0.25) is 11.9 Å². The van der Waals surface area contributed by atoms with E-state index in [0.29, 0.717) is 44.6 Å². The molecule has 6 aromatic heterocycles. The number of benzene rings is 2. The number of hydrogen-bond acceptors (Lipinski definition) is 16. The van der Waals surface area contributed by atoms with Crippen LogP contribution in [0.1, 0.15) is 113 Å². The van der Waals surface area contributed by atoms with Crippen LogP contribution in [0.4, 0.5) is 49.6 Å². The Morgan fingerprint density at radius 3 is 1.49 bits per heavy atom. The van der Waals surface area contributed by atoms with E-state index in [1.165, 1.54) is 50.9 Å². The van der Waals surface area contributed by atoms with Gasteiger partial charge in [0.1, 0.15) is 0 Å². The number of aryl methyl sites for hydroxylation is 2. The van der Waals surface area contributed by atoms with Crippen molar-refractivity contribution in [2.75, 3.05) is 23.8 Å². The fraction of sp³-hybridized carbons (Fsp3) is 0.321. The third kappa shape index (κ3) is 16.8. The second-order valence-electron chi connectivity index (χ2n) is 17.9. The van der Waals surface area contributed by atoms with E-state index in [0.717, 1.165) is 27.2 Å². The van der Waals surface area contributed by atoms with Gasteiger partial charge in [-0.3, -0.25) is 9.97 Å².